The minimum Gasteiger partial charge on any atom is -0.487 e. The molecule has 0 saturated heterocycles. The van der Waals surface area contributed by atoms with Crippen molar-refractivity contribution >= 4 is 17.5 Å². The largest absolute Gasteiger partial charge is 0.487 e. The molecule has 0 aromatic heterocycles. The Morgan fingerprint density at radius 3 is 2.88 bits per heavy atom. The van der Waals surface area contributed by atoms with Gasteiger partial charge in [-0.1, -0.05) is 17.7 Å². The van der Waals surface area contributed by atoms with Gasteiger partial charge in [0.1, 0.15) is 17.2 Å². The lowest BCUT2D eigenvalue weighted by molar-refractivity contribution is 0.0944. The van der Waals surface area contributed by atoms with E-state index in [0.717, 1.165) is 16.9 Å². The van der Waals surface area contributed by atoms with Crippen LogP contribution in [-0.4, -0.2) is 29.8 Å². The van der Waals surface area contributed by atoms with Gasteiger partial charge in [0.15, 0.2) is 0 Å². The highest BCUT2D eigenvalue weighted by molar-refractivity contribution is 6.30. The molecule has 6 heteroatoms. The van der Waals surface area contributed by atoms with Crippen LogP contribution in [0.4, 0.5) is 4.39 Å². The summed E-state index contributed by atoms with van der Waals surface area (Å²) in [5.74, 6) is 0.0574. The summed E-state index contributed by atoms with van der Waals surface area (Å²) >= 11 is 5.73. The van der Waals surface area contributed by atoms with Crippen LogP contribution in [-0.2, 0) is 12.8 Å². The van der Waals surface area contributed by atoms with E-state index in [-0.39, 0.29) is 24.1 Å². The summed E-state index contributed by atoms with van der Waals surface area (Å²) in [6.45, 7) is 2.08. The van der Waals surface area contributed by atoms with E-state index < -0.39 is 11.4 Å². The van der Waals surface area contributed by atoms with Crippen LogP contribution < -0.4 is 10.1 Å². The van der Waals surface area contributed by atoms with Crippen LogP contribution in [0.3, 0.4) is 0 Å². The maximum Gasteiger partial charge on any atom is 0.251 e. The molecule has 1 heterocycles. The zero-order valence-corrected chi connectivity index (χ0v) is 14.6. The summed E-state index contributed by atoms with van der Waals surface area (Å²) < 4.78 is 19.7. The maximum atomic E-state index is 13.6. The quantitative estimate of drug-likeness (QED) is 0.858. The number of ether oxygens (including phenoxy) is 1. The number of rotatable bonds is 5. The zero-order chi connectivity index (χ0) is 18.0. The van der Waals surface area contributed by atoms with Crippen molar-refractivity contribution in [2.24, 2.45) is 0 Å². The molecule has 132 valence electrons. The third-order valence-electron chi connectivity index (χ3n) is 4.20. The average Bonchev–Trinajstić information content (AvgIpc) is 2.90. The molecular weight excluding hydrogens is 345 g/mol. The van der Waals surface area contributed by atoms with Crippen LogP contribution in [0.2, 0.25) is 5.02 Å². The fraction of sp³-hybridized carbons (Fsp3) is 0.316. The first kappa shape index (κ1) is 17.7. The number of aliphatic hydroxyl groups is 1. The molecule has 1 aliphatic rings. The van der Waals surface area contributed by atoms with Gasteiger partial charge in [0.2, 0.25) is 0 Å². The molecule has 1 unspecified atom stereocenters. The lowest BCUT2D eigenvalue weighted by atomic mass is 9.91. The normalized spacial score (nSPS) is 18.6. The van der Waals surface area contributed by atoms with Gasteiger partial charge in [-0.2, -0.15) is 0 Å². The van der Waals surface area contributed by atoms with Crippen molar-refractivity contribution in [3.8, 4) is 5.75 Å². The van der Waals surface area contributed by atoms with Gasteiger partial charge in [-0.25, -0.2) is 4.39 Å². The molecule has 2 N–H and O–H groups in total. The minimum absolute atomic E-state index is 0.100. The molecule has 0 aliphatic carbocycles. The minimum atomic E-state index is -0.511. The van der Waals surface area contributed by atoms with Crippen molar-refractivity contribution in [1.82, 2.24) is 5.32 Å². The number of halogens is 2. The second-order valence-corrected chi connectivity index (χ2v) is 6.86. The van der Waals surface area contributed by atoms with Gasteiger partial charge in [-0.3, -0.25) is 4.79 Å². The Morgan fingerprint density at radius 2 is 2.16 bits per heavy atom. The Hall–Kier alpha value is -2.11. The monoisotopic (exact) mass is 363 g/mol. The average molecular weight is 364 g/mol. The number of nitrogens with one attached hydrogen (secondary N) is 1. The Morgan fingerprint density at radius 1 is 1.36 bits per heavy atom. The molecule has 0 bridgehead atoms. The molecule has 3 rings (SSSR count). The van der Waals surface area contributed by atoms with Crippen LogP contribution in [0.25, 0.3) is 0 Å². The second kappa shape index (κ2) is 7.02. The number of benzene rings is 2. The number of amides is 1. The molecule has 2 aromatic carbocycles. The van der Waals surface area contributed by atoms with Gasteiger partial charge < -0.3 is 15.2 Å². The Labute approximate surface area is 150 Å². The molecule has 1 atom stereocenters. The first-order valence-electron chi connectivity index (χ1n) is 8.05. The summed E-state index contributed by atoms with van der Waals surface area (Å²) in [7, 11) is 0. The van der Waals surface area contributed by atoms with Gasteiger partial charge in [0, 0.05) is 24.9 Å². The van der Waals surface area contributed by atoms with Gasteiger partial charge in [0.25, 0.3) is 5.91 Å². The summed E-state index contributed by atoms with van der Waals surface area (Å²) in [6.07, 6.45) is 1.15. The SMILES string of the molecule is CC1(Cc2ccc(Cl)c(F)c2)Cc2cc(C(=O)NCCO)ccc2O1. The van der Waals surface area contributed by atoms with Crippen molar-refractivity contribution in [2.75, 3.05) is 13.2 Å². The van der Waals surface area contributed by atoms with E-state index in [9.17, 15) is 9.18 Å². The van der Waals surface area contributed by atoms with E-state index in [4.69, 9.17) is 21.4 Å². The smallest absolute Gasteiger partial charge is 0.251 e. The Balaban J connectivity index is 1.75. The molecule has 2 aromatic rings. The van der Waals surface area contributed by atoms with E-state index in [1.165, 1.54) is 6.07 Å². The lowest BCUT2D eigenvalue weighted by Gasteiger charge is -2.24. The van der Waals surface area contributed by atoms with Crippen LogP contribution >= 0.6 is 11.6 Å². The van der Waals surface area contributed by atoms with Gasteiger partial charge in [0.05, 0.1) is 11.6 Å². The Bertz CT molecular complexity index is 811. The lowest BCUT2D eigenvalue weighted by Crippen LogP contribution is -2.32. The summed E-state index contributed by atoms with van der Waals surface area (Å²) in [5, 5.41) is 11.5. The van der Waals surface area contributed by atoms with Crippen LogP contribution in [0.1, 0.15) is 28.4 Å². The molecule has 0 radical (unpaired) electrons. The van der Waals surface area contributed by atoms with Crippen molar-refractivity contribution in [3.63, 3.8) is 0 Å². The molecular formula is C19H19ClFNO3. The fourth-order valence-electron chi connectivity index (χ4n) is 3.11. The van der Waals surface area contributed by atoms with Gasteiger partial charge in [-0.15, -0.1) is 0 Å². The van der Waals surface area contributed by atoms with Crippen LogP contribution in [0.5, 0.6) is 5.75 Å². The van der Waals surface area contributed by atoms with E-state index in [1.54, 1.807) is 30.3 Å². The molecule has 0 fully saturated rings. The third-order valence-corrected chi connectivity index (χ3v) is 4.51. The fourth-order valence-corrected chi connectivity index (χ4v) is 3.23. The van der Waals surface area contributed by atoms with Crippen molar-refractivity contribution < 1.29 is 19.0 Å². The van der Waals surface area contributed by atoms with E-state index >= 15 is 0 Å². The predicted molar refractivity (Wildman–Crippen MR) is 93.7 cm³/mol. The molecule has 1 amide bonds. The van der Waals surface area contributed by atoms with E-state index in [2.05, 4.69) is 5.32 Å². The zero-order valence-electron chi connectivity index (χ0n) is 13.8. The number of carbonyl (C=O) groups excluding carboxylic acids is 1. The highest BCUT2D eigenvalue weighted by atomic mass is 35.5. The van der Waals surface area contributed by atoms with Crippen LogP contribution in [0.15, 0.2) is 36.4 Å². The first-order chi connectivity index (χ1) is 11.9. The highest BCUT2D eigenvalue weighted by Crippen LogP contribution is 2.37. The number of hydrogen-bond donors (Lipinski definition) is 2. The number of fused-ring (bicyclic) bond motifs is 1. The number of hydrogen-bond acceptors (Lipinski definition) is 3. The summed E-state index contributed by atoms with van der Waals surface area (Å²) in [6, 6.07) is 10.0. The standard InChI is InChI=1S/C19H19ClFNO3/c1-19(10-12-2-4-15(20)16(21)8-12)11-14-9-13(3-5-17(14)25-19)18(24)22-6-7-23/h2-5,8-9,23H,6-7,10-11H2,1H3,(H,22,24). The van der Waals surface area contributed by atoms with E-state index in [1.807, 2.05) is 6.92 Å². The van der Waals surface area contributed by atoms with Crippen molar-refractivity contribution in [1.29, 1.82) is 0 Å². The van der Waals surface area contributed by atoms with Gasteiger partial charge >= 0.3 is 0 Å². The van der Waals surface area contributed by atoms with Crippen LogP contribution in [0, 0.1) is 5.82 Å². The molecule has 25 heavy (non-hydrogen) atoms. The number of carbonyl (C=O) groups is 1. The molecule has 4 nitrogen and oxygen atoms in total. The summed E-state index contributed by atoms with van der Waals surface area (Å²) in [4.78, 5) is 12.0. The molecule has 1 aliphatic heterocycles. The summed E-state index contributed by atoms with van der Waals surface area (Å²) in [5.41, 5.74) is 1.76. The maximum absolute atomic E-state index is 13.6. The second-order valence-electron chi connectivity index (χ2n) is 6.46. The number of aliphatic hydroxyl groups excluding tert-OH is 1. The van der Waals surface area contributed by atoms with Gasteiger partial charge in [-0.05, 0) is 48.4 Å². The van der Waals surface area contributed by atoms with Crippen molar-refractivity contribution in [3.05, 3.63) is 63.9 Å². The predicted octanol–water partition coefficient (Wildman–Crippen LogP) is 3.14. The third kappa shape index (κ3) is 3.94. The Kier molecular flexibility index (Phi) is 4.97. The first-order valence-corrected chi connectivity index (χ1v) is 8.43. The molecule has 0 saturated carbocycles. The molecule has 0 spiro atoms. The van der Waals surface area contributed by atoms with E-state index in [0.29, 0.717) is 18.4 Å². The van der Waals surface area contributed by atoms with Crippen molar-refractivity contribution in [2.45, 2.75) is 25.4 Å². The highest BCUT2D eigenvalue weighted by Gasteiger charge is 2.35. The topological polar surface area (TPSA) is 58.6 Å².